The van der Waals surface area contributed by atoms with Crippen molar-refractivity contribution in [1.29, 1.82) is 0 Å². The van der Waals surface area contributed by atoms with Crippen molar-refractivity contribution in [2.24, 2.45) is 5.92 Å². The third-order valence-corrected chi connectivity index (χ3v) is 4.92. The third kappa shape index (κ3) is 3.62. The van der Waals surface area contributed by atoms with Crippen LogP contribution in [0.25, 0.3) is 0 Å². The minimum atomic E-state index is -0.112. The van der Waals surface area contributed by atoms with E-state index in [-0.39, 0.29) is 17.4 Å². The maximum Gasteiger partial charge on any atom is 0.223 e. The molecular weight excluding hydrogens is 262 g/mol. The fourth-order valence-corrected chi connectivity index (χ4v) is 3.65. The van der Waals surface area contributed by atoms with E-state index in [0.29, 0.717) is 0 Å². The van der Waals surface area contributed by atoms with Gasteiger partial charge in [-0.3, -0.25) is 9.78 Å². The number of rotatable bonds is 4. The Bertz CT molecular complexity index is 462. The number of hydrogen-bond donors (Lipinski definition) is 2. The lowest BCUT2D eigenvalue weighted by atomic mass is 9.83. The number of piperidine rings is 1. The maximum absolute atomic E-state index is 12.6. The Labute approximate surface area is 126 Å². The van der Waals surface area contributed by atoms with Gasteiger partial charge in [-0.05, 0) is 50.9 Å². The highest BCUT2D eigenvalue weighted by molar-refractivity contribution is 5.79. The standard InChI is InChI=1S/C17H25N3O/c21-16(14-5-1-2-6-14)20-17(8-11-18-12-9-17)13-15-7-3-4-10-19-15/h3-4,7,10,14,18H,1-2,5-6,8-9,11-13H2,(H,20,21). The monoisotopic (exact) mass is 287 g/mol. The molecule has 114 valence electrons. The molecule has 1 aromatic heterocycles. The van der Waals surface area contributed by atoms with Crippen molar-refractivity contribution in [1.82, 2.24) is 15.6 Å². The smallest absolute Gasteiger partial charge is 0.223 e. The van der Waals surface area contributed by atoms with E-state index >= 15 is 0 Å². The topological polar surface area (TPSA) is 54.0 Å². The second kappa shape index (κ2) is 6.56. The van der Waals surface area contributed by atoms with Gasteiger partial charge in [-0.1, -0.05) is 18.9 Å². The van der Waals surface area contributed by atoms with Crippen LogP contribution >= 0.6 is 0 Å². The molecular formula is C17H25N3O. The molecule has 2 heterocycles. The van der Waals surface area contributed by atoms with E-state index in [4.69, 9.17) is 0 Å². The molecule has 0 aromatic carbocycles. The van der Waals surface area contributed by atoms with Crippen molar-refractivity contribution >= 4 is 5.91 Å². The van der Waals surface area contributed by atoms with Gasteiger partial charge >= 0.3 is 0 Å². The second-order valence-electron chi connectivity index (χ2n) is 6.50. The van der Waals surface area contributed by atoms with Crippen molar-refractivity contribution in [2.45, 2.75) is 50.5 Å². The van der Waals surface area contributed by atoms with Gasteiger partial charge in [0.05, 0.1) is 0 Å². The van der Waals surface area contributed by atoms with Crippen molar-refractivity contribution in [3.05, 3.63) is 30.1 Å². The molecule has 1 saturated carbocycles. The minimum Gasteiger partial charge on any atom is -0.350 e. The molecule has 1 aromatic rings. The van der Waals surface area contributed by atoms with Crippen LogP contribution in [0.1, 0.15) is 44.2 Å². The van der Waals surface area contributed by atoms with E-state index in [1.54, 1.807) is 0 Å². The summed E-state index contributed by atoms with van der Waals surface area (Å²) in [6, 6.07) is 6.02. The number of nitrogens with one attached hydrogen (secondary N) is 2. The van der Waals surface area contributed by atoms with Crippen LogP contribution < -0.4 is 10.6 Å². The summed E-state index contributed by atoms with van der Waals surface area (Å²) < 4.78 is 0. The third-order valence-electron chi connectivity index (χ3n) is 4.92. The van der Waals surface area contributed by atoms with E-state index < -0.39 is 0 Å². The highest BCUT2D eigenvalue weighted by Crippen LogP contribution is 2.28. The predicted molar refractivity (Wildman–Crippen MR) is 82.9 cm³/mol. The average molecular weight is 287 g/mol. The molecule has 2 N–H and O–H groups in total. The molecule has 4 heteroatoms. The normalized spacial score (nSPS) is 22.1. The summed E-state index contributed by atoms with van der Waals surface area (Å²) in [7, 11) is 0. The van der Waals surface area contributed by atoms with Gasteiger partial charge in [0.15, 0.2) is 0 Å². The van der Waals surface area contributed by atoms with Gasteiger partial charge in [-0.15, -0.1) is 0 Å². The molecule has 1 amide bonds. The van der Waals surface area contributed by atoms with Crippen LogP contribution in [0.15, 0.2) is 24.4 Å². The van der Waals surface area contributed by atoms with Crippen molar-refractivity contribution < 1.29 is 4.79 Å². The van der Waals surface area contributed by atoms with E-state index in [9.17, 15) is 4.79 Å². The number of nitrogens with zero attached hydrogens (tertiary/aromatic N) is 1. The van der Waals surface area contributed by atoms with Crippen LogP contribution in [0.3, 0.4) is 0 Å². The Kier molecular flexibility index (Phi) is 4.54. The van der Waals surface area contributed by atoms with Gasteiger partial charge in [0.1, 0.15) is 0 Å². The fourth-order valence-electron chi connectivity index (χ4n) is 3.65. The second-order valence-corrected chi connectivity index (χ2v) is 6.50. The van der Waals surface area contributed by atoms with Gasteiger partial charge in [-0.25, -0.2) is 0 Å². The zero-order chi connectivity index (χ0) is 14.5. The predicted octanol–water partition coefficient (Wildman–Crippen LogP) is 2.05. The molecule has 4 nitrogen and oxygen atoms in total. The Balaban J connectivity index is 1.71. The lowest BCUT2D eigenvalue weighted by Crippen LogP contribution is -2.57. The molecule has 0 spiro atoms. The number of carbonyl (C=O) groups excluding carboxylic acids is 1. The summed E-state index contributed by atoms with van der Waals surface area (Å²) in [5, 5.41) is 6.80. The molecule has 2 fully saturated rings. The first kappa shape index (κ1) is 14.5. The number of aromatic nitrogens is 1. The van der Waals surface area contributed by atoms with Crippen LogP contribution in [0.5, 0.6) is 0 Å². The summed E-state index contributed by atoms with van der Waals surface area (Å²) in [4.78, 5) is 17.0. The van der Waals surface area contributed by atoms with Crippen molar-refractivity contribution in [2.75, 3.05) is 13.1 Å². The molecule has 0 atom stereocenters. The van der Waals surface area contributed by atoms with Crippen LogP contribution in [-0.4, -0.2) is 29.5 Å². The fraction of sp³-hybridized carbons (Fsp3) is 0.647. The summed E-state index contributed by atoms with van der Waals surface area (Å²) in [6.07, 6.45) is 9.17. The average Bonchev–Trinajstić information content (AvgIpc) is 3.03. The quantitative estimate of drug-likeness (QED) is 0.891. The highest BCUT2D eigenvalue weighted by Gasteiger charge is 2.36. The molecule has 3 rings (SSSR count). The number of pyridine rings is 1. The van der Waals surface area contributed by atoms with Crippen molar-refractivity contribution in [3.63, 3.8) is 0 Å². The first-order valence-corrected chi connectivity index (χ1v) is 8.20. The lowest BCUT2D eigenvalue weighted by molar-refractivity contribution is -0.127. The minimum absolute atomic E-state index is 0.112. The Hall–Kier alpha value is -1.42. The van der Waals surface area contributed by atoms with Gasteiger partial charge in [0, 0.05) is 29.8 Å². The van der Waals surface area contributed by atoms with E-state index in [1.807, 2.05) is 18.3 Å². The van der Waals surface area contributed by atoms with Gasteiger partial charge < -0.3 is 10.6 Å². The molecule has 1 aliphatic carbocycles. The first-order valence-electron chi connectivity index (χ1n) is 8.20. The largest absolute Gasteiger partial charge is 0.350 e. The summed E-state index contributed by atoms with van der Waals surface area (Å²) in [5.74, 6) is 0.505. The number of amides is 1. The molecule has 0 radical (unpaired) electrons. The Morgan fingerprint density at radius 1 is 1.29 bits per heavy atom. The molecule has 0 unspecified atom stereocenters. The van der Waals surface area contributed by atoms with E-state index in [2.05, 4.69) is 21.7 Å². The Morgan fingerprint density at radius 2 is 2.05 bits per heavy atom. The summed E-state index contributed by atoms with van der Waals surface area (Å²) in [5.41, 5.74) is 0.963. The van der Waals surface area contributed by atoms with E-state index in [0.717, 1.165) is 50.9 Å². The van der Waals surface area contributed by atoms with Gasteiger partial charge in [0.2, 0.25) is 5.91 Å². The lowest BCUT2D eigenvalue weighted by Gasteiger charge is -2.39. The zero-order valence-electron chi connectivity index (χ0n) is 12.6. The number of hydrogen-bond acceptors (Lipinski definition) is 3. The first-order chi connectivity index (χ1) is 10.3. The van der Waals surface area contributed by atoms with E-state index in [1.165, 1.54) is 12.8 Å². The van der Waals surface area contributed by atoms with Crippen LogP contribution in [0.4, 0.5) is 0 Å². The highest BCUT2D eigenvalue weighted by atomic mass is 16.2. The van der Waals surface area contributed by atoms with Crippen LogP contribution in [-0.2, 0) is 11.2 Å². The Morgan fingerprint density at radius 3 is 2.71 bits per heavy atom. The van der Waals surface area contributed by atoms with Crippen LogP contribution in [0.2, 0.25) is 0 Å². The van der Waals surface area contributed by atoms with Crippen molar-refractivity contribution in [3.8, 4) is 0 Å². The molecule has 1 saturated heterocycles. The summed E-state index contributed by atoms with van der Waals surface area (Å²) in [6.45, 7) is 1.94. The maximum atomic E-state index is 12.6. The SMILES string of the molecule is O=C(NC1(Cc2ccccn2)CCNCC1)C1CCCC1. The molecule has 21 heavy (non-hydrogen) atoms. The molecule has 2 aliphatic rings. The molecule has 0 bridgehead atoms. The van der Waals surface area contributed by atoms with Crippen LogP contribution in [0, 0.1) is 5.92 Å². The zero-order valence-corrected chi connectivity index (χ0v) is 12.6. The summed E-state index contributed by atoms with van der Waals surface area (Å²) >= 11 is 0. The van der Waals surface area contributed by atoms with Gasteiger partial charge in [0.25, 0.3) is 0 Å². The van der Waals surface area contributed by atoms with Gasteiger partial charge in [-0.2, -0.15) is 0 Å². The molecule has 1 aliphatic heterocycles. The number of carbonyl (C=O) groups is 1.